The molecule has 94 valence electrons. The van der Waals surface area contributed by atoms with E-state index in [9.17, 15) is 4.79 Å². The van der Waals surface area contributed by atoms with E-state index < -0.39 is 0 Å². The van der Waals surface area contributed by atoms with Gasteiger partial charge in [-0.15, -0.1) is 0 Å². The average Bonchev–Trinajstić information content (AvgIpc) is 2.32. The molecule has 3 heteroatoms. The molecule has 1 amide bonds. The Morgan fingerprint density at radius 2 is 2.28 bits per heavy atom. The Balaban J connectivity index is 2.09. The summed E-state index contributed by atoms with van der Waals surface area (Å²) in [7, 11) is 0. The van der Waals surface area contributed by atoms with Crippen LogP contribution in [0.5, 0.6) is 0 Å². The molecular formula is C15H18N2O. The predicted molar refractivity (Wildman–Crippen MR) is 72.2 cm³/mol. The van der Waals surface area contributed by atoms with Gasteiger partial charge in [0.05, 0.1) is 6.54 Å². The lowest BCUT2D eigenvalue weighted by molar-refractivity contribution is 0.0917. The molecule has 3 N–H and O–H groups in total. The van der Waals surface area contributed by atoms with Crippen molar-refractivity contribution in [3.63, 3.8) is 0 Å². The van der Waals surface area contributed by atoms with Crippen molar-refractivity contribution >= 4 is 5.91 Å². The van der Waals surface area contributed by atoms with Gasteiger partial charge in [-0.1, -0.05) is 11.8 Å². The van der Waals surface area contributed by atoms with Crippen molar-refractivity contribution < 1.29 is 4.79 Å². The van der Waals surface area contributed by atoms with Gasteiger partial charge in [-0.2, -0.15) is 0 Å². The zero-order chi connectivity index (χ0) is 13.0. The lowest BCUT2D eigenvalue weighted by atomic mass is 9.93. The van der Waals surface area contributed by atoms with Gasteiger partial charge in [0, 0.05) is 17.2 Å². The molecule has 1 aromatic carbocycles. The maximum absolute atomic E-state index is 12.0. The Kier molecular flexibility index (Phi) is 4.01. The van der Waals surface area contributed by atoms with Gasteiger partial charge in [0.2, 0.25) is 0 Å². The molecule has 0 radical (unpaired) electrons. The van der Waals surface area contributed by atoms with Crippen molar-refractivity contribution in [3.8, 4) is 11.8 Å². The van der Waals surface area contributed by atoms with Gasteiger partial charge in [0.1, 0.15) is 0 Å². The fourth-order valence-corrected chi connectivity index (χ4v) is 1.91. The molecule has 1 fully saturated rings. The Bertz CT molecular complexity index is 507. The van der Waals surface area contributed by atoms with Crippen LogP contribution in [0.1, 0.15) is 40.7 Å². The topological polar surface area (TPSA) is 55.1 Å². The van der Waals surface area contributed by atoms with Crippen molar-refractivity contribution in [2.24, 2.45) is 5.73 Å². The lowest BCUT2D eigenvalue weighted by Gasteiger charge is -2.26. The zero-order valence-electron chi connectivity index (χ0n) is 10.6. The molecule has 1 aliphatic rings. The van der Waals surface area contributed by atoms with Crippen molar-refractivity contribution in [2.75, 3.05) is 6.54 Å². The number of hydrogen-bond acceptors (Lipinski definition) is 2. The minimum atomic E-state index is 0.0149. The molecule has 3 nitrogen and oxygen atoms in total. The standard InChI is InChI=1S/C15H18N2O/c1-11-10-13(8-7-12(11)4-3-9-16)15(18)17-14-5-2-6-14/h7-8,10,14H,2,5-6,9,16H2,1H3,(H,17,18). The van der Waals surface area contributed by atoms with Crippen molar-refractivity contribution in [1.82, 2.24) is 5.32 Å². The highest BCUT2D eigenvalue weighted by atomic mass is 16.1. The molecule has 0 unspecified atom stereocenters. The van der Waals surface area contributed by atoms with E-state index >= 15 is 0 Å². The van der Waals surface area contributed by atoms with E-state index in [-0.39, 0.29) is 5.91 Å². The number of benzene rings is 1. The van der Waals surface area contributed by atoms with Gasteiger partial charge < -0.3 is 11.1 Å². The minimum absolute atomic E-state index is 0.0149. The summed E-state index contributed by atoms with van der Waals surface area (Å²) in [4.78, 5) is 12.0. The highest BCUT2D eigenvalue weighted by molar-refractivity contribution is 5.94. The summed E-state index contributed by atoms with van der Waals surface area (Å²) >= 11 is 0. The summed E-state index contributed by atoms with van der Waals surface area (Å²) in [5.74, 6) is 5.83. The maximum Gasteiger partial charge on any atom is 0.251 e. The van der Waals surface area contributed by atoms with E-state index in [1.807, 2.05) is 25.1 Å². The highest BCUT2D eigenvalue weighted by Crippen LogP contribution is 2.19. The number of nitrogens with two attached hydrogens (primary N) is 1. The van der Waals surface area contributed by atoms with E-state index in [0.717, 1.165) is 24.0 Å². The van der Waals surface area contributed by atoms with Crippen LogP contribution < -0.4 is 11.1 Å². The van der Waals surface area contributed by atoms with Gasteiger partial charge in [-0.25, -0.2) is 0 Å². The van der Waals surface area contributed by atoms with Crippen LogP contribution in [0.15, 0.2) is 18.2 Å². The third-order valence-electron chi connectivity index (χ3n) is 3.25. The predicted octanol–water partition coefficient (Wildman–Crippen LogP) is 1.59. The smallest absolute Gasteiger partial charge is 0.251 e. The maximum atomic E-state index is 12.0. The van der Waals surface area contributed by atoms with Crippen molar-refractivity contribution in [3.05, 3.63) is 34.9 Å². The third kappa shape index (κ3) is 2.91. The van der Waals surface area contributed by atoms with E-state index in [2.05, 4.69) is 17.2 Å². The molecule has 0 aromatic heterocycles. The lowest BCUT2D eigenvalue weighted by Crippen LogP contribution is -2.39. The number of carbonyl (C=O) groups excluding carboxylic acids is 1. The van der Waals surface area contributed by atoms with Crippen molar-refractivity contribution in [2.45, 2.75) is 32.2 Å². The summed E-state index contributed by atoms with van der Waals surface area (Å²) in [5.41, 5.74) is 7.99. The molecule has 0 atom stereocenters. The first-order valence-electron chi connectivity index (χ1n) is 6.31. The minimum Gasteiger partial charge on any atom is -0.349 e. The Hall–Kier alpha value is -1.79. The van der Waals surface area contributed by atoms with Gasteiger partial charge in [0.25, 0.3) is 5.91 Å². The first-order chi connectivity index (χ1) is 8.70. The molecule has 0 aliphatic heterocycles. The number of rotatable bonds is 2. The van der Waals surface area contributed by atoms with Crippen LogP contribution in [-0.2, 0) is 0 Å². The number of carbonyl (C=O) groups is 1. The molecule has 1 aromatic rings. The van der Waals surface area contributed by atoms with Crippen LogP contribution in [-0.4, -0.2) is 18.5 Å². The Morgan fingerprint density at radius 1 is 1.50 bits per heavy atom. The number of nitrogens with one attached hydrogen (secondary N) is 1. The van der Waals surface area contributed by atoms with Crippen LogP contribution in [0.2, 0.25) is 0 Å². The third-order valence-corrected chi connectivity index (χ3v) is 3.25. The quantitative estimate of drug-likeness (QED) is 0.774. The molecule has 2 rings (SSSR count). The normalized spacial score (nSPS) is 14.3. The Morgan fingerprint density at radius 3 is 2.83 bits per heavy atom. The summed E-state index contributed by atoms with van der Waals surface area (Å²) < 4.78 is 0. The average molecular weight is 242 g/mol. The van der Waals surface area contributed by atoms with Crippen LogP contribution in [0.25, 0.3) is 0 Å². The molecule has 0 spiro atoms. The van der Waals surface area contributed by atoms with Crippen LogP contribution >= 0.6 is 0 Å². The van der Waals surface area contributed by atoms with Crippen LogP contribution in [0.4, 0.5) is 0 Å². The second kappa shape index (κ2) is 5.70. The summed E-state index contributed by atoms with van der Waals surface area (Å²) in [6.07, 6.45) is 3.42. The molecular weight excluding hydrogens is 224 g/mol. The van der Waals surface area contributed by atoms with Crippen molar-refractivity contribution in [1.29, 1.82) is 0 Å². The number of hydrogen-bond donors (Lipinski definition) is 2. The van der Waals surface area contributed by atoms with Crippen LogP contribution in [0.3, 0.4) is 0 Å². The molecule has 1 saturated carbocycles. The van der Waals surface area contributed by atoms with Crippen LogP contribution in [0, 0.1) is 18.8 Å². The van der Waals surface area contributed by atoms with Gasteiger partial charge in [0.15, 0.2) is 0 Å². The Labute approximate surface area is 108 Å². The van der Waals surface area contributed by atoms with E-state index in [1.165, 1.54) is 6.42 Å². The number of amides is 1. The first kappa shape index (κ1) is 12.7. The number of aryl methyl sites for hydroxylation is 1. The molecule has 0 bridgehead atoms. The largest absolute Gasteiger partial charge is 0.349 e. The fourth-order valence-electron chi connectivity index (χ4n) is 1.91. The van der Waals surface area contributed by atoms with Gasteiger partial charge in [-0.3, -0.25) is 4.79 Å². The molecule has 0 heterocycles. The second-order valence-electron chi connectivity index (χ2n) is 4.64. The zero-order valence-corrected chi connectivity index (χ0v) is 10.6. The molecule has 18 heavy (non-hydrogen) atoms. The summed E-state index contributed by atoms with van der Waals surface area (Å²) in [6.45, 7) is 2.31. The van der Waals surface area contributed by atoms with Gasteiger partial charge >= 0.3 is 0 Å². The van der Waals surface area contributed by atoms with E-state index in [4.69, 9.17) is 5.73 Å². The second-order valence-corrected chi connectivity index (χ2v) is 4.64. The summed E-state index contributed by atoms with van der Waals surface area (Å²) in [5, 5.41) is 3.03. The fraction of sp³-hybridized carbons (Fsp3) is 0.400. The first-order valence-corrected chi connectivity index (χ1v) is 6.31. The molecule has 1 aliphatic carbocycles. The van der Waals surface area contributed by atoms with Gasteiger partial charge in [-0.05, 0) is 49.9 Å². The molecule has 0 saturated heterocycles. The van der Waals surface area contributed by atoms with E-state index in [1.54, 1.807) is 0 Å². The SMILES string of the molecule is Cc1cc(C(=O)NC2CCC2)ccc1C#CCN. The monoisotopic (exact) mass is 242 g/mol. The highest BCUT2D eigenvalue weighted by Gasteiger charge is 2.20. The van der Waals surface area contributed by atoms with E-state index in [0.29, 0.717) is 18.2 Å². The summed E-state index contributed by atoms with van der Waals surface area (Å²) in [6, 6.07) is 5.96.